The Hall–Kier alpha value is -1.10. The average molecular weight is 278 g/mol. The molecule has 0 spiro atoms. The molecule has 0 amide bonds. The summed E-state index contributed by atoms with van der Waals surface area (Å²) in [6.45, 7) is -8.42. The number of aryl methyl sites for hydroxylation is 1. The molecule has 0 aromatic heterocycles. The molecule has 1 aromatic rings. The highest BCUT2D eigenvalue weighted by Crippen LogP contribution is 2.12. The van der Waals surface area contributed by atoms with Gasteiger partial charge in [0.25, 0.3) is 0 Å². The summed E-state index contributed by atoms with van der Waals surface area (Å²) in [4.78, 5) is 0. The third kappa shape index (κ3) is 7.15. The minimum absolute atomic E-state index is 0.118. The first kappa shape index (κ1) is 6.12. The molecule has 0 saturated heterocycles. The van der Waals surface area contributed by atoms with E-state index in [0.717, 1.165) is 38.3 Å². The zero-order chi connectivity index (χ0) is 23.8. The van der Waals surface area contributed by atoms with Crippen molar-refractivity contribution in [3.63, 3.8) is 0 Å². The Labute approximate surface area is 131 Å². The molecule has 2 unspecified atom stereocenters. The summed E-state index contributed by atoms with van der Waals surface area (Å²) in [5.41, 5.74) is -0.118. The molecule has 4 nitrogen and oxygen atoms in total. The fourth-order valence-electron chi connectivity index (χ4n) is 1.09. The fourth-order valence-corrected chi connectivity index (χ4v) is 1.09. The lowest BCUT2D eigenvalue weighted by atomic mass is 10.1. The van der Waals surface area contributed by atoms with Crippen molar-refractivity contribution < 1.29 is 29.7 Å². The molecule has 2 N–H and O–H groups in total. The van der Waals surface area contributed by atoms with Crippen LogP contribution in [-0.2, 0) is 11.1 Å². The van der Waals surface area contributed by atoms with E-state index in [2.05, 4.69) is 10.1 Å². The number of methoxy groups -OCH3 is 1. The van der Waals surface area contributed by atoms with Crippen molar-refractivity contribution in [3.05, 3.63) is 29.8 Å². The molecule has 0 aliphatic heterocycles. The van der Waals surface area contributed by atoms with Crippen LogP contribution in [0.4, 0.5) is 0 Å². The summed E-state index contributed by atoms with van der Waals surface area (Å²) in [6, 6.07) is 2.28. The molecule has 0 heterocycles. The van der Waals surface area contributed by atoms with Gasteiger partial charge in [-0.2, -0.15) is 0 Å². The molecule has 0 fully saturated rings. The van der Waals surface area contributed by atoms with Crippen molar-refractivity contribution in [2.24, 2.45) is 0 Å². The zero-order valence-electron chi connectivity index (χ0n) is 21.8. The van der Waals surface area contributed by atoms with Crippen molar-refractivity contribution in [2.75, 3.05) is 26.8 Å². The predicted molar refractivity (Wildman–Crippen MR) is 76.7 cm³/mol. The maximum Gasteiger partial charge on any atom is 0.119 e. The molecular formula is C15H25NO3. The molecule has 0 aliphatic rings. The molecule has 0 bridgehead atoms. The minimum atomic E-state index is -3.05. The zero-order valence-corrected chi connectivity index (χ0v) is 10.8. The van der Waals surface area contributed by atoms with Crippen LogP contribution in [0.25, 0.3) is 0 Å². The first-order valence-corrected chi connectivity index (χ1v) is 5.52. The quantitative estimate of drug-likeness (QED) is 0.720. The Balaban J connectivity index is 2.98. The molecule has 0 aliphatic carbocycles. The van der Waals surface area contributed by atoms with Crippen molar-refractivity contribution in [3.8, 4) is 5.75 Å². The van der Waals surface area contributed by atoms with Crippen molar-refractivity contribution >= 4 is 0 Å². The van der Waals surface area contributed by atoms with Gasteiger partial charge in [-0.15, -0.1) is 0 Å². The molecule has 4 heteroatoms. The van der Waals surface area contributed by atoms with Crippen LogP contribution in [0.3, 0.4) is 0 Å². The summed E-state index contributed by atoms with van der Waals surface area (Å²) in [5.74, 6) is -0.201. The second-order valence-corrected chi connectivity index (χ2v) is 3.58. The van der Waals surface area contributed by atoms with Crippen LogP contribution in [0.5, 0.6) is 5.75 Å². The summed E-state index contributed by atoms with van der Waals surface area (Å²) < 4.78 is 93.5. The van der Waals surface area contributed by atoms with Gasteiger partial charge in [0, 0.05) is 27.9 Å². The maximum absolute atomic E-state index is 10.2. The first-order valence-electron chi connectivity index (χ1n) is 11.0. The summed E-state index contributed by atoms with van der Waals surface area (Å²) >= 11 is 0. The molecule has 1 rings (SSSR count). The van der Waals surface area contributed by atoms with Crippen molar-refractivity contribution in [1.82, 2.24) is 5.32 Å². The highest BCUT2D eigenvalue weighted by Gasteiger charge is 2.05. The number of aliphatic hydroxyl groups is 1. The van der Waals surface area contributed by atoms with Crippen molar-refractivity contribution in [2.45, 2.75) is 32.2 Å². The van der Waals surface area contributed by atoms with E-state index in [0.29, 0.717) is 0 Å². The smallest absolute Gasteiger partial charge is 0.119 e. The second-order valence-electron chi connectivity index (χ2n) is 3.58. The third-order valence-corrected chi connectivity index (χ3v) is 1.96. The van der Waals surface area contributed by atoms with E-state index < -0.39 is 45.0 Å². The number of rotatable bonds is 9. The number of nitrogens with one attached hydrogen (secondary N) is 1. The third-order valence-electron chi connectivity index (χ3n) is 1.96. The van der Waals surface area contributed by atoms with Gasteiger partial charge in [-0.05, 0) is 24.1 Å². The van der Waals surface area contributed by atoms with E-state index in [1.165, 1.54) is 0 Å². The van der Waals surface area contributed by atoms with Crippen molar-refractivity contribution in [1.29, 1.82) is 0 Å². The van der Waals surface area contributed by atoms with E-state index in [9.17, 15) is 5.11 Å². The first-order chi connectivity index (χ1) is 13.2. The summed E-state index contributed by atoms with van der Waals surface area (Å²) in [5, 5.41) is 12.3. The monoisotopic (exact) mass is 278 g/mol. The highest BCUT2D eigenvalue weighted by atomic mass is 16.5. The second kappa shape index (κ2) is 8.91. The van der Waals surface area contributed by atoms with Crippen LogP contribution in [0.15, 0.2) is 24.3 Å². The number of hydrogen-bond acceptors (Lipinski definition) is 4. The van der Waals surface area contributed by atoms with Crippen LogP contribution < -0.4 is 10.1 Å². The van der Waals surface area contributed by atoms with Gasteiger partial charge in [0.15, 0.2) is 0 Å². The predicted octanol–water partition coefficient (Wildman–Crippen LogP) is 1.61. The van der Waals surface area contributed by atoms with Crippen LogP contribution in [0.1, 0.15) is 34.4 Å². The lowest BCUT2D eigenvalue weighted by Gasteiger charge is -2.15. The molecule has 0 radical (unpaired) electrons. The van der Waals surface area contributed by atoms with Gasteiger partial charge in [-0.3, -0.25) is 0 Å². The Bertz CT molecular complexity index is 718. The highest BCUT2D eigenvalue weighted by molar-refractivity contribution is 5.27. The van der Waals surface area contributed by atoms with E-state index in [4.69, 9.17) is 19.8 Å². The molecular weight excluding hydrogens is 242 g/mol. The fraction of sp³-hybridized carbons (Fsp3) is 0.600. The SMILES string of the molecule is [2H]C([2H])([2H])C([2H])(C)NCC([2H])(O)C([2H])([2H])Oc1ccc(C([2H])([2H])C([2H])([2H])OC)cc1. The van der Waals surface area contributed by atoms with E-state index >= 15 is 0 Å². The van der Waals surface area contributed by atoms with E-state index in [1.54, 1.807) is 0 Å². The van der Waals surface area contributed by atoms with Crippen LogP contribution >= 0.6 is 0 Å². The van der Waals surface area contributed by atoms with Gasteiger partial charge in [0.1, 0.15) is 18.4 Å². The molecule has 19 heavy (non-hydrogen) atoms. The summed E-state index contributed by atoms with van der Waals surface area (Å²) in [6.07, 6.45) is -5.52. The topological polar surface area (TPSA) is 50.7 Å². The van der Waals surface area contributed by atoms with Gasteiger partial charge in [-0.1, -0.05) is 25.9 Å². The molecule has 1 aromatic carbocycles. The number of benzene rings is 1. The van der Waals surface area contributed by atoms with Crippen LogP contribution in [0, 0.1) is 0 Å². The summed E-state index contributed by atoms with van der Waals surface area (Å²) in [7, 11) is 1.01. The molecule has 108 valence electrons. The lowest BCUT2D eigenvalue weighted by molar-refractivity contribution is 0.104. The van der Waals surface area contributed by atoms with E-state index in [1.807, 2.05) is 0 Å². The standard InChI is InChI=1S/C15H25NO3/c1-12(2)16-10-14(17)11-19-15-6-4-13(5-7-15)8-9-18-3/h4-7,12,14,16-17H,8-11H2,1-3H3/i1D3,8D2,9D2,11D2,12D,14D. The van der Waals surface area contributed by atoms with Crippen LogP contribution in [0.2, 0.25) is 0 Å². The average Bonchev–Trinajstić information content (AvgIpc) is 2.59. The number of hydrogen-bond donors (Lipinski definition) is 2. The van der Waals surface area contributed by atoms with Gasteiger partial charge < -0.3 is 19.9 Å². The van der Waals surface area contributed by atoms with Gasteiger partial charge in [0.2, 0.25) is 0 Å². The maximum atomic E-state index is 10.2. The molecule has 2 atom stereocenters. The number of ether oxygens (including phenoxy) is 2. The normalized spacial score (nSPS) is 28.9. The van der Waals surface area contributed by atoms with Gasteiger partial charge in [-0.25, -0.2) is 0 Å². The lowest BCUT2D eigenvalue weighted by Crippen LogP contribution is -2.35. The minimum Gasteiger partial charge on any atom is -0.491 e. The molecule has 0 saturated carbocycles. The Morgan fingerprint density at radius 1 is 1.47 bits per heavy atom. The van der Waals surface area contributed by atoms with Gasteiger partial charge >= 0.3 is 0 Å². The van der Waals surface area contributed by atoms with E-state index in [-0.39, 0.29) is 11.3 Å². The Morgan fingerprint density at radius 3 is 2.84 bits per heavy atom. The Kier molecular flexibility index (Phi) is 2.87. The van der Waals surface area contributed by atoms with Crippen LogP contribution in [-0.4, -0.2) is 44.0 Å². The van der Waals surface area contributed by atoms with Gasteiger partial charge in [0.05, 0.1) is 13.4 Å². The largest absolute Gasteiger partial charge is 0.491 e. The Morgan fingerprint density at radius 2 is 2.21 bits per heavy atom.